The first kappa shape index (κ1) is 20.9. The molecule has 0 saturated heterocycles. The number of nitrogens with one attached hydrogen (secondary N) is 1. The lowest BCUT2D eigenvalue weighted by molar-refractivity contribution is 0.102. The number of hydrogen-bond acceptors (Lipinski definition) is 4. The summed E-state index contributed by atoms with van der Waals surface area (Å²) < 4.78 is 11.7. The lowest BCUT2D eigenvalue weighted by Gasteiger charge is -2.19. The minimum absolute atomic E-state index is 0.128. The van der Waals surface area contributed by atoms with Crippen molar-refractivity contribution in [2.75, 3.05) is 18.5 Å². The molecule has 0 fully saturated rings. The van der Waals surface area contributed by atoms with Gasteiger partial charge in [-0.2, -0.15) is 0 Å². The molecular weight excluding hydrogens is 414 g/mol. The van der Waals surface area contributed by atoms with Gasteiger partial charge in [0.05, 0.1) is 18.9 Å². The van der Waals surface area contributed by atoms with Gasteiger partial charge < -0.3 is 14.8 Å². The molecule has 1 heterocycles. The monoisotopic (exact) mass is 435 g/mol. The van der Waals surface area contributed by atoms with Gasteiger partial charge in [0.1, 0.15) is 0 Å². The highest BCUT2D eigenvalue weighted by Gasteiger charge is 2.26. The van der Waals surface area contributed by atoms with Crippen molar-refractivity contribution in [2.45, 2.75) is 13.8 Å². The Labute approximate surface area is 185 Å². The van der Waals surface area contributed by atoms with Crippen LogP contribution in [0.4, 0.5) is 5.69 Å². The molecular formula is C25H22ClNO4. The molecule has 1 N–H and O–H groups in total. The Hall–Kier alpha value is -3.31. The lowest BCUT2D eigenvalue weighted by atomic mass is 9.97. The average molecular weight is 436 g/mol. The number of anilines is 1. The van der Waals surface area contributed by atoms with Crippen LogP contribution in [0, 0.1) is 5.41 Å². The molecule has 31 heavy (non-hydrogen) atoms. The summed E-state index contributed by atoms with van der Waals surface area (Å²) in [6.07, 6.45) is 0. The van der Waals surface area contributed by atoms with E-state index in [9.17, 15) is 9.59 Å². The second-order valence-electron chi connectivity index (χ2n) is 8.24. The molecule has 0 atom stereocenters. The van der Waals surface area contributed by atoms with Gasteiger partial charge in [-0.05, 0) is 36.4 Å². The first-order chi connectivity index (χ1) is 14.8. The van der Waals surface area contributed by atoms with Crippen molar-refractivity contribution in [1.29, 1.82) is 0 Å². The van der Waals surface area contributed by atoms with Gasteiger partial charge in [-0.15, -0.1) is 0 Å². The zero-order valence-electron chi connectivity index (χ0n) is 17.3. The topological polar surface area (TPSA) is 64.6 Å². The van der Waals surface area contributed by atoms with Gasteiger partial charge in [-0.1, -0.05) is 55.8 Å². The van der Waals surface area contributed by atoms with Crippen LogP contribution in [0.2, 0.25) is 5.02 Å². The molecule has 0 unspecified atom stereocenters. The second kappa shape index (κ2) is 8.44. The van der Waals surface area contributed by atoms with Crippen LogP contribution in [0.5, 0.6) is 11.5 Å². The largest absolute Gasteiger partial charge is 0.489 e. The fraction of sp³-hybridized carbons (Fsp3) is 0.200. The summed E-state index contributed by atoms with van der Waals surface area (Å²) in [7, 11) is 0. The van der Waals surface area contributed by atoms with Crippen molar-refractivity contribution in [3.63, 3.8) is 0 Å². The van der Waals surface area contributed by atoms with E-state index in [-0.39, 0.29) is 17.1 Å². The number of halogens is 1. The molecule has 1 aliphatic heterocycles. The van der Waals surface area contributed by atoms with Gasteiger partial charge in [0.15, 0.2) is 17.3 Å². The fourth-order valence-corrected chi connectivity index (χ4v) is 3.39. The van der Waals surface area contributed by atoms with Crippen molar-refractivity contribution in [3.8, 4) is 11.5 Å². The number of amides is 1. The van der Waals surface area contributed by atoms with Crippen molar-refractivity contribution < 1.29 is 19.1 Å². The maximum Gasteiger partial charge on any atom is 0.255 e. The number of ether oxygens (including phenoxy) is 2. The molecule has 1 aliphatic rings. The summed E-state index contributed by atoms with van der Waals surface area (Å²) in [5.74, 6) is 0.544. The smallest absolute Gasteiger partial charge is 0.255 e. The molecule has 0 saturated carbocycles. The van der Waals surface area contributed by atoms with Gasteiger partial charge in [-0.25, -0.2) is 0 Å². The fourth-order valence-electron chi connectivity index (χ4n) is 3.22. The van der Waals surface area contributed by atoms with Gasteiger partial charge in [0.25, 0.3) is 5.91 Å². The summed E-state index contributed by atoms with van der Waals surface area (Å²) in [6.45, 7) is 5.12. The molecule has 0 aromatic heterocycles. The summed E-state index contributed by atoms with van der Waals surface area (Å²) in [6, 6.07) is 18.7. The van der Waals surface area contributed by atoms with Crippen LogP contribution < -0.4 is 14.8 Å². The van der Waals surface area contributed by atoms with Crippen molar-refractivity contribution >= 4 is 29.0 Å². The van der Waals surface area contributed by atoms with Crippen LogP contribution in [-0.2, 0) is 0 Å². The van der Waals surface area contributed by atoms with E-state index >= 15 is 0 Å². The van der Waals surface area contributed by atoms with Crippen molar-refractivity contribution in [1.82, 2.24) is 0 Å². The minimum atomic E-state index is -0.362. The number of carbonyl (C=O) groups excluding carboxylic acids is 2. The van der Waals surface area contributed by atoms with E-state index in [0.29, 0.717) is 52.1 Å². The summed E-state index contributed by atoms with van der Waals surface area (Å²) in [5, 5.41) is 3.24. The standard InChI is InChI=1S/C25H22ClNO4/c1-25(2)14-30-21-11-8-17(12-22(21)31-15-25)24(29)27-20-10-9-18(26)13-19(20)23(28)16-6-4-3-5-7-16/h3-13H,14-15H2,1-2H3,(H,27,29). The van der Waals surface area contributed by atoms with Gasteiger partial charge in [-0.3, -0.25) is 9.59 Å². The predicted octanol–water partition coefficient (Wildman–Crippen LogP) is 5.62. The van der Waals surface area contributed by atoms with Crippen LogP contribution in [0.1, 0.15) is 40.1 Å². The summed E-state index contributed by atoms with van der Waals surface area (Å²) in [5.41, 5.74) is 1.49. The first-order valence-corrected chi connectivity index (χ1v) is 10.3. The quantitative estimate of drug-likeness (QED) is 0.540. The highest BCUT2D eigenvalue weighted by Crippen LogP contribution is 2.34. The number of hydrogen-bond donors (Lipinski definition) is 1. The Balaban J connectivity index is 1.60. The molecule has 0 spiro atoms. The van der Waals surface area contributed by atoms with Crippen LogP contribution >= 0.6 is 11.6 Å². The Morgan fingerprint density at radius 2 is 1.58 bits per heavy atom. The number of fused-ring (bicyclic) bond motifs is 1. The van der Waals surface area contributed by atoms with E-state index in [4.69, 9.17) is 21.1 Å². The SMILES string of the molecule is CC1(C)COc2ccc(C(=O)Nc3ccc(Cl)cc3C(=O)c3ccccc3)cc2OC1. The summed E-state index contributed by atoms with van der Waals surface area (Å²) in [4.78, 5) is 25.9. The van der Waals surface area contributed by atoms with Crippen molar-refractivity contribution in [2.24, 2.45) is 5.41 Å². The highest BCUT2D eigenvalue weighted by molar-refractivity contribution is 6.31. The van der Waals surface area contributed by atoms with Crippen LogP contribution in [0.25, 0.3) is 0 Å². The van der Waals surface area contributed by atoms with E-state index < -0.39 is 0 Å². The van der Waals surface area contributed by atoms with E-state index in [0.717, 1.165) is 0 Å². The minimum Gasteiger partial charge on any atom is -0.489 e. The van der Waals surface area contributed by atoms with Crippen LogP contribution in [0.15, 0.2) is 66.7 Å². The molecule has 4 rings (SSSR count). The third kappa shape index (κ3) is 4.72. The number of ketones is 1. The van der Waals surface area contributed by atoms with Gasteiger partial charge in [0, 0.05) is 27.1 Å². The molecule has 6 heteroatoms. The Morgan fingerprint density at radius 1 is 0.871 bits per heavy atom. The molecule has 1 amide bonds. The molecule has 3 aromatic rings. The summed E-state index contributed by atoms with van der Waals surface area (Å²) >= 11 is 6.12. The van der Waals surface area contributed by atoms with Crippen LogP contribution in [-0.4, -0.2) is 24.9 Å². The van der Waals surface area contributed by atoms with E-state index in [1.54, 1.807) is 60.7 Å². The number of rotatable bonds is 4. The Bertz CT molecular complexity index is 1140. The molecule has 0 bridgehead atoms. The number of benzene rings is 3. The molecule has 0 aliphatic carbocycles. The average Bonchev–Trinajstić information content (AvgIpc) is 2.93. The van der Waals surface area contributed by atoms with Crippen LogP contribution in [0.3, 0.4) is 0 Å². The lowest BCUT2D eigenvalue weighted by Crippen LogP contribution is -2.26. The Kier molecular flexibility index (Phi) is 5.70. The zero-order valence-corrected chi connectivity index (χ0v) is 18.0. The molecule has 5 nitrogen and oxygen atoms in total. The highest BCUT2D eigenvalue weighted by atomic mass is 35.5. The van der Waals surface area contributed by atoms with E-state index in [1.165, 1.54) is 0 Å². The molecule has 3 aromatic carbocycles. The molecule has 158 valence electrons. The third-order valence-electron chi connectivity index (χ3n) is 4.95. The third-order valence-corrected chi connectivity index (χ3v) is 5.19. The number of carbonyl (C=O) groups is 2. The first-order valence-electron chi connectivity index (χ1n) is 9.93. The Morgan fingerprint density at radius 3 is 2.32 bits per heavy atom. The van der Waals surface area contributed by atoms with E-state index in [2.05, 4.69) is 19.2 Å². The maximum atomic E-state index is 13.0. The van der Waals surface area contributed by atoms with Gasteiger partial charge >= 0.3 is 0 Å². The van der Waals surface area contributed by atoms with Gasteiger partial charge in [0.2, 0.25) is 0 Å². The second-order valence-corrected chi connectivity index (χ2v) is 8.68. The van der Waals surface area contributed by atoms with Crippen molar-refractivity contribution in [3.05, 3.63) is 88.4 Å². The normalized spacial score (nSPS) is 14.4. The van der Waals surface area contributed by atoms with E-state index in [1.807, 2.05) is 6.07 Å². The zero-order chi connectivity index (χ0) is 22.0. The molecule has 0 radical (unpaired) electrons. The maximum absolute atomic E-state index is 13.0. The predicted molar refractivity (Wildman–Crippen MR) is 120 cm³/mol.